The van der Waals surface area contributed by atoms with E-state index < -0.39 is 0 Å². The molecule has 0 aliphatic carbocycles. The van der Waals surface area contributed by atoms with Crippen molar-refractivity contribution >= 4 is 0 Å². The average molecular weight is 219 g/mol. The molecular formula is BrClCr2+4. The minimum absolute atomic E-state index is 0. The third-order valence-corrected chi connectivity index (χ3v) is 0. The van der Waals surface area contributed by atoms with Crippen LogP contribution in [0.5, 0.6) is 0 Å². The summed E-state index contributed by atoms with van der Waals surface area (Å²) in [5, 5.41) is 0. The monoisotopic (exact) mass is 218 g/mol. The molecule has 0 aliphatic rings. The molecule has 0 unspecified atom stereocenters. The first-order valence-corrected chi connectivity index (χ1v) is 0. The van der Waals surface area contributed by atoms with Crippen molar-refractivity contribution in [3.8, 4) is 0 Å². The smallest absolute Gasteiger partial charge is 1.00 e. The minimum Gasteiger partial charge on any atom is -1.00 e. The quantitative estimate of drug-likeness (QED) is 0.381. The summed E-state index contributed by atoms with van der Waals surface area (Å²) < 4.78 is 0. The van der Waals surface area contributed by atoms with Gasteiger partial charge in [0.05, 0.1) is 0 Å². The van der Waals surface area contributed by atoms with E-state index in [4.69, 9.17) is 0 Å². The first kappa shape index (κ1) is 40.5. The molecule has 0 nitrogen and oxygen atoms in total. The van der Waals surface area contributed by atoms with E-state index in [2.05, 4.69) is 0 Å². The molecule has 0 fully saturated rings. The van der Waals surface area contributed by atoms with Crippen LogP contribution in [0.4, 0.5) is 0 Å². The van der Waals surface area contributed by atoms with E-state index in [0.29, 0.717) is 0 Å². The van der Waals surface area contributed by atoms with Crippen LogP contribution in [-0.4, -0.2) is 0 Å². The Morgan fingerprint density at radius 2 is 0.750 bits per heavy atom. The summed E-state index contributed by atoms with van der Waals surface area (Å²) >= 11 is 0. The Morgan fingerprint density at radius 3 is 0.750 bits per heavy atom. The third-order valence-electron chi connectivity index (χ3n) is 0. The van der Waals surface area contributed by atoms with Crippen LogP contribution in [0.2, 0.25) is 0 Å². The predicted octanol–water partition coefficient (Wildman–Crippen LogP) is -6.00. The number of rotatable bonds is 0. The van der Waals surface area contributed by atoms with Crippen molar-refractivity contribution < 1.29 is 64.1 Å². The molecule has 0 rings (SSSR count). The summed E-state index contributed by atoms with van der Waals surface area (Å²) in [6, 6.07) is 0. The second-order valence-corrected chi connectivity index (χ2v) is 0. The molecule has 4 heteroatoms. The minimum atomic E-state index is 0. The Bertz CT molecular complexity index is 6.00. The Hall–Kier alpha value is 1.83. The van der Waals surface area contributed by atoms with Gasteiger partial charge in [0.15, 0.2) is 0 Å². The molecule has 0 spiro atoms. The molecule has 0 N–H and O–H groups in total. The van der Waals surface area contributed by atoms with Crippen LogP contribution in [0.3, 0.4) is 0 Å². The van der Waals surface area contributed by atoms with Crippen molar-refractivity contribution in [1.82, 2.24) is 0 Å². The molecule has 0 saturated carbocycles. The molecule has 0 heterocycles. The molecule has 0 aromatic heterocycles. The SMILES string of the molecule is [Br-].[Cl-].[Cr+3].[Cr+3]. The van der Waals surface area contributed by atoms with E-state index in [0.717, 1.165) is 0 Å². The van der Waals surface area contributed by atoms with Crippen molar-refractivity contribution in [1.29, 1.82) is 0 Å². The zero-order chi connectivity index (χ0) is 0. The van der Waals surface area contributed by atoms with E-state index in [-0.39, 0.29) is 64.1 Å². The molecule has 0 aromatic carbocycles. The van der Waals surface area contributed by atoms with Gasteiger partial charge in [-0.15, -0.1) is 0 Å². The normalized spacial score (nSPS) is 0. The van der Waals surface area contributed by atoms with E-state index in [1.807, 2.05) is 0 Å². The summed E-state index contributed by atoms with van der Waals surface area (Å²) in [6.45, 7) is 0. The van der Waals surface area contributed by atoms with E-state index in [1.54, 1.807) is 0 Å². The summed E-state index contributed by atoms with van der Waals surface area (Å²) in [4.78, 5) is 0. The van der Waals surface area contributed by atoms with Gasteiger partial charge in [-0.05, 0) is 0 Å². The number of hydrogen-bond acceptors (Lipinski definition) is 0. The maximum atomic E-state index is 0. The fraction of sp³-hybridized carbons (Fsp3) is 0. The Morgan fingerprint density at radius 1 is 0.750 bits per heavy atom. The Balaban J connectivity index is 0. The largest absolute Gasteiger partial charge is 3.00 e. The Kier molecular flexibility index (Phi) is 214. The van der Waals surface area contributed by atoms with Gasteiger partial charge in [-0.25, -0.2) is 0 Å². The third kappa shape index (κ3) is 9.15. The molecule has 0 bridgehead atoms. The number of hydrogen-bond donors (Lipinski definition) is 0. The van der Waals surface area contributed by atoms with Crippen LogP contribution in [0.1, 0.15) is 0 Å². The van der Waals surface area contributed by atoms with Crippen molar-refractivity contribution in [2.45, 2.75) is 0 Å². The van der Waals surface area contributed by atoms with E-state index >= 15 is 0 Å². The van der Waals surface area contributed by atoms with Crippen LogP contribution in [0.15, 0.2) is 0 Å². The van der Waals surface area contributed by atoms with Crippen molar-refractivity contribution in [3.63, 3.8) is 0 Å². The van der Waals surface area contributed by atoms with Gasteiger partial charge in [-0.1, -0.05) is 0 Å². The number of halogens is 2. The Labute approximate surface area is 63.8 Å². The first-order valence-electron chi connectivity index (χ1n) is 0. The molecule has 22 valence electrons. The molecule has 2 radical (unpaired) electrons. The maximum Gasteiger partial charge on any atom is 3.00 e. The van der Waals surface area contributed by atoms with Crippen molar-refractivity contribution in [3.05, 3.63) is 0 Å². The molecule has 0 aliphatic heterocycles. The van der Waals surface area contributed by atoms with Crippen LogP contribution in [0.25, 0.3) is 0 Å². The molecule has 0 aromatic rings. The summed E-state index contributed by atoms with van der Waals surface area (Å²) in [5.74, 6) is 0. The molecule has 0 atom stereocenters. The van der Waals surface area contributed by atoms with Crippen LogP contribution >= 0.6 is 0 Å². The van der Waals surface area contributed by atoms with Gasteiger partial charge in [0.25, 0.3) is 0 Å². The predicted molar refractivity (Wildman–Crippen MR) is 0 cm³/mol. The fourth-order valence-electron chi connectivity index (χ4n) is 0. The van der Waals surface area contributed by atoms with Crippen LogP contribution < -0.4 is 29.4 Å². The second kappa shape index (κ2) is 21.1. The van der Waals surface area contributed by atoms with Gasteiger partial charge in [0, 0.05) is 0 Å². The van der Waals surface area contributed by atoms with E-state index in [9.17, 15) is 0 Å². The van der Waals surface area contributed by atoms with E-state index in [1.165, 1.54) is 0 Å². The van der Waals surface area contributed by atoms with Gasteiger partial charge < -0.3 is 29.4 Å². The van der Waals surface area contributed by atoms with Gasteiger partial charge in [-0.3, -0.25) is 0 Å². The van der Waals surface area contributed by atoms with Gasteiger partial charge in [-0.2, -0.15) is 0 Å². The summed E-state index contributed by atoms with van der Waals surface area (Å²) in [6.07, 6.45) is 0. The fourth-order valence-corrected chi connectivity index (χ4v) is 0. The van der Waals surface area contributed by atoms with Crippen LogP contribution in [0, 0.1) is 0 Å². The van der Waals surface area contributed by atoms with Crippen molar-refractivity contribution in [2.24, 2.45) is 0 Å². The van der Waals surface area contributed by atoms with Crippen LogP contribution in [-0.2, 0) is 34.7 Å². The molecule has 0 saturated heterocycles. The standard InChI is InChI=1S/BrH.ClH.2Cr/h2*1H;;/q;;2*+3/p-2. The molecule has 0 amide bonds. The zero-order valence-corrected chi connectivity index (χ0v) is 6.46. The van der Waals surface area contributed by atoms with Gasteiger partial charge in [0.1, 0.15) is 0 Å². The maximum absolute atomic E-state index is 0. The topological polar surface area (TPSA) is 0 Å². The zero-order valence-electron chi connectivity index (χ0n) is 1.57. The van der Waals surface area contributed by atoms with Crippen molar-refractivity contribution in [2.75, 3.05) is 0 Å². The van der Waals surface area contributed by atoms with Gasteiger partial charge >= 0.3 is 34.7 Å². The summed E-state index contributed by atoms with van der Waals surface area (Å²) in [7, 11) is 0. The second-order valence-electron chi connectivity index (χ2n) is 0. The summed E-state index contributed by atoms with van der Waals surface area (Å²) in [5.41, 5.74) is 0. The molecular weight excluding hydrogens is 219 g/mol. The first-order chi connectivity index (χ1) is 0. The van der Waals surface area contributed by atoms with Gasteiger partial charge in [0.2, 0.25) is 0 Å². The average Bonchev–Trinajstić information content (AvgIpc) is 0. The molecule has 4 heavy (non-hydrogen) atoms.